The summed E-state index contributed by atoms with van der Waals surface area (Å²) < 4.78 is 0. The molecule has 0 aliphatic carbocycles. The van der Waals surface area contributed by atoms with Crippen molar-refractivity contribution in [3.05, 3.63) is 0 Å². The Balaban J connectivity index is 0. The van der Waals surface area contributed by atoms with Crippen LogP contribution in [0.2, 0.25) is 0 Å². The Bertz CT molecular complexity index is 4.85. The minimum absolute atomic E-state index is 0. The molecule has 0 amide bonds. The van der Waals surface area contributed by atoms with Crippen LogP contribution < -0.4 is 0 Å². The SMILES string of the molecule is [Ce].[Ce].[Te].[Te].[Te]. The van der Waals surface area contributed by atoms with E-state index in [1.165, 1.54) is 0 Å². The molecule has 0 aromatic rings. The van der Waals surface area contributed by atoms with E-state index >= 15 is 0 Å². The van der Waals surface area contributed by atoms with Crippen molar-refractivity contribution in [2.45, 2.75) is 0 Å². The van der Waals surface area contributed by atoms with Crippen LogP contribution in [-0.4, -0.2) is 71.0 Å². The summed E-state index contributed by atoms with van der Waals surface area (Å²) in [6.07, 6.45) is 0. The van der Waals surface area contributed by atoms with Gasteiger partial charge < -0.3 is 0 Å². The van der Waals surface area contributed by atoms with Gasteiger partial charge in [-0.05, 0) is 0 Å². The first-order valence-electron chi connectivity index (χ1n) is 0. The largest absolute Gasteiger partial charge is 0 e. The van der Waals surface area contributed by atoms with Crippen molar-refractivity contribution in [1.29, 1.82) is 0 Å². The Kier molecular flexibility index (Phi) is 147. The van der Waals surface area contributed by atoms with Gasteiger partial charge in [0.15, 0.2) is 0 Å². The molecule has 0 aromatic heterocycles. The maximum Gasteiger partial charge on any atom is 0 e. The van der Waals surface area contributed by atoms with Crippen molar-refractivity contribution in [2.75, 3.05) is 0 Å². The van der Waals surface area contributed by atoms with Crippen LogP contribution >= 0.6 is 0 Å². The molecule has 0 aromatic carbocycles. The first-order valence-corrected chi connectivity index (χ1v) is 0. The van der Waals surface area contributed by atoms with Crippen molar-refractivity contribution < 1.29 is 83.5 Å². The molecule has 0 aliphatic rings. The quantitative estimate of drug-likeness (QED) is 0.288. The Hall–Kier alpha value is 5.12. The molecule has 0 fully saturated rings. The smallest absolute Gasteiger partial charge is 0 e. The fourth-order valence-electron chi connectivity index (χ4n) is 0. The molecule has 6 radical (unpaired) electrons. The molecule has 5 heavy (non-hydrogen) atoms. The van der Waals surface area contributed by atoms with E-state index in [1.54, 1.807) is 0 Å². The van der Waals surface area contributed by atoms with Crippen LogP contribution in [0.25, 0.3) is 0 Å². The summed E-state index contributed by atoms with van der Waals surface area (Å²) in [5.74, 6) is 0. The predicted molar refractivity (Wildman–Crippen MR) is 17.3 cm³/mol. The molecular formula is Ce2Te3. The average molecular weight is 663 g/mol. The van der Waals surface area contributed by atoms with Crippen LogP contribution in [0.15, 0.2) is 0 Å². The van der Waals surface area contributed by atoms with Gasteiger partial charge in [-0.1, -0.05) is 0 Å². The van der Waals surface area contributed by atoms with E-state index in [0.29, 0.717) is 0 Å². The second kappa shape index (κ2) is 22.9. The van der Waals surface area contributed by atoms with Crippen LogP contribution in [0.3, 0.4) is 0 Å². The Morgan fingerprint density at radius 3 is 0.400 bits per heavy atom. The van der Waals surface area contributed by atoms with Crippen molar-refractivity contribution >= 4 is 71.0 Å². The topological polar surface area (TPSA) is 0 Å². The average Bonchev–Trinajstić information content (AvgIpc) is 0. The molecular weight excluding hydrogens is 663 g/mol. The summed E-state index contributed by atoms with van der Waals surface area (Å²) >= 11 is 0. The molecule has 0 saturated heterocycles. The molecule has 0 spiro atoms. The first kappa shape index (κ1) is 32.1. The molecule has 0 N–H and O–H groups in total. The minimum Gasteiger partial charge on any atom is 0 e. The van der Waals surface area contributed by atoms with Gasteiger partial charge in [0.1, 0.15) is 0 Å². The summed E-state index contributed by atoms with van der Waals surface area (Å²) in [6.45, 7) is 0. The number of hydrogen-bond donors (Lipinski definition) is 0. The third-order valence-corrected chi connectivity index (χ3v) is 0. The zero-order valence-electron chi connectivity index (χ0n) is 2.22. The second-order valence-corrected chi connectivity index (χ2v) is 0. The van der Waals surface area contributed by atoms with Gasteiger partial charge in [0.25, 0.3) is 0 Å². The van der Waals surface area contributed by atoms with E-state index in [4.69, 9.17) is 0 Å². The molecule has 0 atom stereocenters. The van der Waals surface area contributed by atoms with Crippen LogP contribution in [0.1, 0.15) is 0 Å². The van der Waals surface area contributed by atoms with Crippen LogP contribution in [-0.2, 0) is 0 Å². The normalized spacial score (nSPS) is 0. The van der Waals surface area contributed by atoms with Gasteiger partial charge >= 0.3 is 0 Å². The molecule has 0 bridgehead atoms. The monoisotopic (exact) mass is 670 g/mol. The number of rotatable bonds is 0. The summed E-state index contributed by atoms with van der Waals surface area (Å²) in [5.41, 5.74) is 0. The van der Waals surface area contributed by atoms with Crippen molar-refractivity contribution in [3.8, 4) is 0 Å². The van der Waals surface area contributed by atoms with E-state index in [-0.39, 0.29) is 154 Å². The predicted octanol–water partition coefficient (Wildman–Crippen LogP) is -1.14. The second-order valence-electron chi connectivity index (χ2n) is 0. The molecule has 0 rings (SSSR count). The van der Waals surface area contributed by atoms with Gasteiger partial charge in [0, 0.05) is 154 Å². The zero-order chi connectivity index (χ0) is 0. The summed E-state index contributed by atoms with van der Waals surface area (Å²) in [7, 11) is 0. The summed E-state index contributed by atoms with van der Waals surface area (Å²) in [6, 6.07) is 0. The molecule has 5 heteroatoms. The zero-order valence-corrected chi connectivity index (χ0v) is 15.5. The van der Waals surface area contributed by atoms with Gasteiger partial charge in [0.05, 0.1) is 0 Å². The van der Waals surface area contributed by atoms with E-state index in [0.717, 1.165) is 0 Å². The van der Waals surface area contributed by atoms with Crippen LogP contribution in [0.4, 0.5) is 0 Å². The van der Waals surface area contributed by atoms with Crippen LogP contribution in [0, 0.1) is 83.5 Å². The van der Waals surface area contributed by atoms with Crippen LogP contribution in [0.5, 0.6) is 0 Å². The maximum atomic E-state index is 0. The molecule has 0 nitrogen and oxygen atoms in total. The Labute approximate surface area is 150 Å². The molecule has 0 unspecified atom stereocenters. The van der Waals surface area contributed by atoms with E-state index in [1.807, 2.05) is 0 Å². The van der Waals surface area contributed by atoms with Gasteiger partial charge in [-0.15, -0.1) is 0 Å². The minimum atomic E-state index is 0. The Morgan fingerprint density at radius 2 is 0.400 bits per heavy atom. The maximum absolute atomic E-state index is 0. The van der Waals surface area contributed by atoms with E-state index in [2.05, 4.69) is 0 Å². The van der Waals surface area contributed by atoms with E-state index in [9.17, 15) is 0 Å². The summed E-state index contributed by atoms with van der Waals surface area (Å²) in [5, 5.41) is 0. The molecule has 0 heterocycles. The third-order valence-electron chi connectivity index (χ3n) is 0. The van der Waals surface area contributed by atoms with Crippen molar-refractivity contribution in [1.82, 2.24) is 0 Å². The third kappa shape index (κ3) is 17.6. The van der Waals surface area contributed by atoms with Crippen molar-refractivity contribution in [2.24, 2.45) is 0 Å². The van der Waals surface area contributed by atoms with E-state index < -0.39 is 0 Å². The molecule has 0 saturated carbocycles. The molecule has 26 valence electrons. The summed E-state index contributed by atoms with van der Waals surface area (Å²) in [4.78, 5) is 0. The first-order chi connectivity index (χ1) is 0. The standard InChI is InChI=1S/2Ce.3Te. The fourth-order valence-corrected chi connectivity index (χ4v) is 0. The fraction of sp³-hybridized carbons (Fsp3) is 0. The van der Waals surface area contributed by atoms with Gasteiger partial charge in [-0.25, -0.2) is 0 Å². The Morgan fingerprint density at radius 1 is 0.400 bits per heavy atom. The van der Waals surface area contributed by atoms with Crippen molar-refractivity contribution in [3.63, 3.8) is 0 Å². The number of hydrogen-bond acceptors (Lipinski definition) is 0. The van der Waals surface area contributed by atoms with Gasteiger partial charge in [-0.3, -0.25) is 0 Å². The molecule has 0 aliphatic heterocycles. The van der Waals surface area contributed by atoms with Gasteiger partial charge in [-0.2, -0.15) is 0 Å². The van der Waals surface area contributed by atoms with Gasteiger partial charge in [0.2, 0.25) is 0 Å².